The number of rotatable bonds is 5. The molecule has 0 fully saturated rings. The monoisotopic (exact) mass is 342 g/mol. The maximum Gasteiger partial charge on any atom is 0.192 e. The molecule has 0 amide bonds. The number of hydrogen-bond donors (Lipinski definition) is 2. The molecule has 0 saturated carbocycles. The van der Waals surface area contributed by atoms with Gasteiger partial charge in [-0.2, -0.15) is 0 Å². The number of hydrogen-bond acceptors (Lipinski definition) is 4. The normalized spacial score (nSPS) is 11.9. The van der Waals surface area contributed by atoms with Crippen molar-refractivity contribution in [1.29, 1.82) is 0 Å². The Bertz CT molecular complexity index is 848. The number of imidazole rings is 1. The summed E-state index contributed by atoms with van der Waals surface area (Å²) in [5, 5.41) is 7.64. The Hall–Kier alpha value is -2.41. The largest absolute Gasteiger partial charge is 0.357 e. The van der Waals surface area contributed by atoms with Gasteiger partial charge in [0.15, 0.2) is 5.96 Å². The van der Waals surface area contributed by atoms with Crippen LogP contribution < -0.4 is 10.6 Å². The van der Waals surface area contributed by atoms with E-state index in [4.69, 9.17) is 0 Å². The fourth-order valence-corrected chi connectivity index (χ4v) is 3.20. The Morgan fingerprint density at radius 1 is 1.29 bits per heavy atom. The molecule has 0 atom stereocenters. The van der Waals surface area contributed by atoms with Gasteiger partial charge < -0.3 is 15.2 Å². The van der Waals surface area contributed by atoms with Crippen molar-refractivity contribution in [2.75, 3.05) is 6.54 Å². The van der Waals surface area contributed by atoms with Crippen LogP contribution in [0.15, 0.2) is 35.5 Å². The zero-order chi connectivity index (χ0) is 16.9. The third-order valence-electron chi connectivity index (χ3n) is 3.68. The number of nitrogens with one attached hydrogen (secondary N) is 2. The van der Waals surface area contributed by atoms with Crippen LogP contribution in [0.4, 0.5) is 0 Å². The zero-order valence-corrected chi connectivity index (χ0v) is 15.0. The fourth-order valence-electron chi connectivity index (χ4n) is 2.47. The van der Waals surface area contributed by atoms with Crippen LogP contribution in [0.25, 0.3) is 11.0 Å². The number of benzene rings is 1. The Balaban J connectivity index is 1.71. The van der Waals surface area contributed by atoms with Crippen molar-refractivity contribution in [2.45, 2.75) is 26.9 Å². The summed E-state index contributed by atoms with van der Waals surface area (Å²) < 4.78 is 2.09. The zero-order valence-electron chi connectivity index (χ0n) is 14.2. The summed E-state index contributed by atoms with van der Waals surface area (Å²) in [5.41, 5.74) is 2.13. The molecule has 2 aromatic heterocycles. The summed E-state index contributed by atoms with van der Waals surface area (Å²) in [7, 11) is 2.03. The van der Waals surface area contributed by atoms with Crippen LogP contribution in [0.2, 0.25) is 0 Å². The maximum atomic E-state index is 4.66. The first-order chi connectivity index (χ1) is 11.7. The smallest absolute Gasteiger partial charge is 0.192 e. The van der Waals surface area contributed by atoms with Gasteiger partial charge in [0.05, 0.1) is 17.6 Å². The van der Waals surface area contributed by atoms with E-state index in [-0.39, 0.29) is 0 Å². The molecule has 3 rings (SSSR count). The third-order valence-corrected chi connectivity index (χ3v) is 4.59. The van der Waals surface area contributed by atoms with Gasteiger partial charge >= 0.3 is 0 Å². The molecule has 0 spiro atoms. The second kappa shape index (κ2) is 7.44. The second-order valence-corrected chi connectivity index (χ2v) is 6.81. The van der Waals surface area contributed by atoms with E-state index < -0.39 is 0 Å². The van der Waals surface area contributed by atoms with Crippen LogP contribution in [0.1, 0.15) is 22.6 Å². The van der Waals surface area contributed by atoms with Crippen LogP contribution in [-0.4, -0.2) is 27.0 Å². The van der Waals surface area contributed by atoms with E-state index in [0.717, 1.165) is 34.4 Å². The number of guanidine groups is 1. The van der Waals surface area contributed by atoms with E-state index in [0.29, 0.717) is 13.1 Å². The van der Waals surface area contributed by atoms with Crippen molar-refractivity contribution >= 4 is 28.3 Å². The molecule has 126 valence electrons. The summed E-state index contributed by atoms with van der Waals surface area (Å²) in [6.45, 7) is 6.13. The minimum Gasteiger partial charge on any atom is -0.357 e. The molecule has 2 N–H and O–H groups in total. The lowest BCUT2D eigenvalue weighted by Gasteiger charge is -2.10. The number of thiazole rings is 1. The quantitative estimate of drug-likeness (QED) is 0.552. The first kappa shape index (κ1) is 16.4. The number of fused-ring (bicyclic) bond motifs is 1. The van der Waals surface area contributed by atoms with E-state index in [1.54, 1.807) is 11.3 Å². The Labute approximate surface area is 145 Å². The minimum atomic E-state index is 0.525. The molecule has 0 unspecified atom stereocenters. The van der Waals surface area contributed by atoms with Gasteiger partial charge in [-0.1, -0.05) is 12.1 Å². The summed E-state index contributed by atoms with van der Waals surface area (Å²) in [4.78, 5) is 14.9. The SMILES string of the molecule is CCNC(=NCc1nc2ccccc2n1C)NCc1ncc(C)s1. The number of aryl methyl sites for hydroxylation is 2. The number of aliphatic imine (C=N–C) groups is 1. The van der Waals surface area contributed by atoms with Crippen molar-refractivity contribution in [1.82, 2.24) is 25.2 Å². The predicted octanol–water partition coefficient (Wildman–Crippen LogP) is 2.59. The predicted molar refractivity (Wildman–Crippen MR) is 99.2 cm³/mol. The highest BCUT2D eigenvalue weighted by molar-refractivity contribution is 7.11. The van der Waals surface area contributed by atoms with Crippen LogP contribution >= 0.6 is 11.3 Å². The first-order valence-electron chi connectivity index (χ1n) is 8.01. The summed E-state index contributed by atoms with van der Waals surface area (Å²) in [6, 6.07) is 8.13. The third kappa shape index (κ3) is 3.73. The molecule has 24 heavy (non-hydrogen) atoms. The molecule has 2 heterocycles. The topological polar surface area (TPSA) is 67.1 Å². The van der Waals surface area contributed by atoms with E-state index in [1.165, 1.54) is 4.88 Å². The lowest BCUT2D eigenvalue weighted by molar-refractivity contribution is 0.776. The summed E-state index contributed by atoms with van der Waals surface area (Å²) >= 11 is 1.69. The molecule has 1 aromatic carbocycles. The van der Waals surface area contributed by atoms with Gasteiger partial charge in [-0.15, -0.1) is 11.3 Å². The molecule has 0 aliphatic rings. The highest BCUT2D eigenvalue weighted by Gasteiger charge is 2.07. The van der Waals surface area contributed by atoms with E-state index in [2.05, 4.69) is 50.1 Å². The Kier molecular flexibility index (Phi) is 5.10. The van der Waals surface area contributed by atoms with E-state index in [1.807, 2.05) is 31.4 Å². The van der Waals surface area contributed by atoms with Crippen LogP contribution in [0.5, 0.6) is 0 Å². The number of aromatic nitrogens is 3. The fraction of sp³-hybridized carbons (Fsp3) is 0.353. The first-order valence-corrected chi connectivity index (χ1v) is 8.83. The van der Waals surface area contributed by atoms with Crippen molar-refractivity contribution in [3.8, 4) is 0 Å². The van der Waals surface area contributed by atoms with E-state index in [9.17, 15) is 0 Å². The van der Waals surface area contributed by atoms with Crippen molar-refractivity contribution in [3.63, 3.8) is 0 Å². The molecule has 6 nitrogen and oxygen atoms in total. The highest BCUT2D eigenvalue weighted by Crippen LogP contribution is 2.14. The highest BCUT2D eigenvalue weighted by atomic mass is 32.1. The van der Waals surface area contributed by atoms with Crippen molar-refractivity contribution in [3.05, 3.63) is 46.2 Å². The van der Waals surface area contributed by atoms with Gasteiger partial charge in [0, 0.05) is 24.7 Å². The molecule has 3 aromatic rings. The average Bonchev–Trinajstić information content (AvgIpc) is 3.14. The summed E-state index contributed by atoms with van der Waals surface area (Å²) in [5.74, 6) is 1.72. The lowest BCUT2D eigenvalue weighted by atomic mass is 10.3. The molecule has 0 aliphatic heterocycles. The molecular weight excluding hydrogens is 320 g/mol. The Morgan fingerprint density at radius 3 is 2.83 bits per heavy atom. The molecule has 0 bridgehead atoms. The van der Waals surface area contributed by atoms with Crippen LogP contribution in [0.3, 0.4) is 0 Å². The second-order valence-electron chi connectivity index (χ2n) is 5.49. The maximum absolute atomic E-state index is 4.66. The van der Waals surface area contributed by atoms with Gasteiger partial charge in [0.2, 0.25) is 0 Å². The van der Waals surface area contributed by atoms with Gasteiger partial charge in [0.1, 0.15) is 17.4 Å². The number of para-hydroxylation sites is 2. The lowest BCUT2D eigenvalue weighted by Crippen LogP contribution is -2.36. The number of nitrogens with zero attached hydrogens (tertiary/aromatic N) is 4. The van der Waals surface area contributed by atoms with Gasteiger partial charge in [0.25, 0.3) is 0 Å². The van der Waals surface area contributed by atoms with Gasteiger partial charge in [-0.3, -0.25) is 0 Å². The standard InChI is InChI=1S/C17H22N6S/c1-4-18-17(21-11-16-19-9-12(2)24-16)20-10-15-22-13-7-5-6-8-14(13)23(15)3/h5-9H,4,10-11H2,1-3H3,(H2,18,20,21). The van der Waals surface area contributed by atoms with Gasteiger partial charge in [-0.25, -0.2) is 15.0 Å². The van der Waals surface area contributed by atoms with Crippen molar-refractivity contribution in [2.24, 2.45) is 12.0 Å². The molecule has 0 radical (unpaired) electrons. The molecular formula is C17H22N6S. The molecule has 7 heteroatoms. The van der Waals surface area contributed by atoms with Crippen LogP contribution in [0, 0.1) is 6.92 Å². The van der Waals surface area contributed by atoms with Gasteiger partial charge in [-0.05, 0) is 26.0 Å². The van der Waals surface area contributed by atoms with Crippen LogP contribution in [-0.2, 0) is 20.1 Å². The minimum absolute atomic E-state index is 0.525. The Morgan fingerprint density at radius 2 is 2.12 bits per heavy atom. The average molecular weight is 342 g/mol. The molecule has 0 saturated heterocycles. The summed E-state index contributed by atoms with van der Waals surface area (Å²) in [6.07, 6.45) is 1.89. The van der Waals surface area contributed by atoms with E-state index >= 15 is 0 Å². The van der Waals surface area contributed by atoms with Crippen molar-refractivity contribution < 1.29 is 0 Å². The molecule has 0 aliphatic carbocycles.